The van der Waals surface area contributed by atoms with Crippen molar-refractivity contribution in [3.63, 3.8) is 0 Å². The smallest absolute Gasteiger partial charge is 0.0575 e. The zero-order valence-electron chi connectivity index (χ0n) is 22.5. The van der Waals surface area contributed by atoms with Crippen LogP contribution < -0.4 is 0 Å². The third kappa shape index (κ3) is 24.5. The molecule has 0 fully saturated rings. The summed E-state index contributed by atoms with van der Waals surface area (Å²) in [5, 5.41) is 0. The van der Waals surface area contributed by atoms with E-state index in [0.29, 0.717) is 6.10 Å². The molecule has 0 saturated carbocycles. The summed E-state index contributed by atoms with van der Waals surface area (Å²) in [6.07, 6.45) is 24.2. The highest BCUT2D eigenvalue weighted by molar-refractivity contribution is 4.61. The lowest BCUT2D eigenvalue weighted by Crippen LogP contribution is -2.20. The summed E-state index contributed by atoms with van der Waals surface area (Å²) in [4.78, 5) is 2.39. The van der Waals surface area contributed by atoms with Crippen molar-refractivity contribution in [2.24, 2.45) is 0 Å². The summed E-state index contributed by atoms with van der Waals surface area (Å²) in [5.41, 5.74) is 0. The van der Waals surface area contributed by atoms with Crippen LogP contribution in [0.3, 0.4) is 0 Å². The van der Waals surface area contributed by atoms with Gasteiger partial charge in [0.2, 0.25) is 0 Å². The monoisotopic (exact) mass is 457 g/mol. The standard InChI is InChI=1S/C28H59NO3/c1-5-29(2)24-18-21-27-32-28(22-16-12-8-6-10-14-19-25-30-3)23-17-13-9-7-11-15-20-26-31-4/h28H,5-27H2,1-4H3. The van der Waals surface area contributed by atoms with Crippen LogP contribution in [0, 0.1) is 0 Å². The highest BCUT2D eigenvalue weighted by atomic mass is 16.5. The molecule has 0 aliphatic heterocycles. The van der Waals surface area contributed by atoms with Crippen LogP contribution in [-0.2, 0) is 14.2 Å². The van der Waals surface area contributed by atoms with Crippen molar-refractivity contribution in [3.05, 3.63) is 0 Å². The molecular weight excluding hydrogens is 398 g/mol. The molecule has 0 radical (unpaired) electrons. The first-order valence-electron chi connectivity index (χ1n) is 14.0. The second-order valence-electron chi connectivity index (χ2n) is 9.61. The van der Waals surface area contributed by atoms with Gasteiger partial charge in [-0.25, -0.2) is 0 Å². The number of unbranched alkanes of at least 4 members (excludes halogenated alkanes) is 13. The first-order chi connectivity index (χ1) is 15.7. The van der Waals surface area contributed by atoms with E-state index < -0.39 is 0 Å². The van der Waals surface area contributed by atoms with E-state index >= 15 is 0 Å². The number of hydrogen-bond acceptors (Lipinski definition) is 4. The molecule has 0 aromatic carbocycles. The van der Waals surface area contributed by atoms with Crippen LogP contribution >= 0.6 is 0 Å². The lowest BCUT2D eigenvalue weighted by molar-refractivity contribution is 0.0351. The van der Waals surface area contributed by atoms with E-state index in [1.807, 2.05) is 0 Å². The summed E-state index contributed by atoms with van der Waals surface area (Å²) in [6, 6.07) is 0. The van der Waals surface area contributed by atoms with Crippen LogP contribution in [0.5, 0.6) is 0 Å². The fourth-order valence-electron chi connectivity index (χ4n) is 4.21. The highest BCUT2D eigenvalue weighted by Gasteiger charge is 2.09. The molecule has 32 heavy (non-hydrogen) atoms. The van der Waals surface area contributed by atoms with Crippen molar-refractivity contribution < 1.29 is 14.2 Å². The van der Waals surface area contributed by atoms with Gasteiger partial charge in [0.05, 0.1) is 6.10 Å². The maximum absolute atomic E-state index is 6.36. The molecule has 4 nitrogen and oxygen atoms in total. The van der Waals surface area contributed by atoms with E-state index in [9.17, 15) is 0 Å². The fourth-order valence-corrected chi connectivity index (χ4v) is 4.21. The van der Waals surface area contributed by atoms with Crippen molar-refractivity contribution in [1.82, 2.24) is 4.90 Å². The topological polar surface area (TPSA) is 30.9 Å². The van der Waals surface area contributed by atoms with E-state index in [1.165, 1.54) is 122 Å². The van der Waals surface area contributed by atoms with E-state index in [4.69, 9.17) is 14.2 Å². The number of hydrogen-bond donors (Lipinski definition) is 0. The average molecular weight is 458 g/mol. The van der Waals surface area contributed by atoms with Gasteiger partial charge in [-0.05, 0) is 58.7 Å². The van der Waals surface area contributed by atoms with Crippen molar-refractivity contribution >= 4 is 0 Å². The molecule has 0 aromatic heterocycles. The molecule has 0 heterocycles. The van der Waals surface area contributed by atoms with E-state index in [2.05, 4.69) is 18.9 Å². The van der Waals surface area contributed by atoms with Gasteiger partial charge in [-0.15, -0.1) is 0 Å². The Kier molecular flexibility index (Phi) is 27.0. The molecule has 0 aliphatic carbocycles. The van der Waals surface area contributed by atoms with Crippen LogP contribution in [0.4, 0.5) is 0 Å². The Morgan fingerprint density at radius 2 is 0.938 bits per heavy atom. The molecule has 0 rings (SSSR count). The van der Waals surface area contributed by atoms with Crippen LogP contribution in [0.2, 0.25) is 0 Å². The molecular formula is C28H59NO3. The second-order valence-corrected chi connectivity index (χ2v) is 9.61. The first-order valence-corrected chi connectivity index (χ1v) is 14.0. The zero-order chi connectivity index (χ0) is 23.5. The number of methoxy groups -OCH3 is 2. The minimum absolute atomic E-state index is 0.488. The van der Waals surface area contributed by atoms with Crippen LogP contribution in [0.25, 0.3) is 0 Å². The summed E-state index contributed by atoms with van der Waals surface area (Å²) >= 11 is 0. The molecule has 0 bridgehead atoms. The molecule has 0 unspecified atom stereocenters. The molecule has 0 amide bonds. The number of ether oxygens (including phenoxy) is 3. The number of nitrogens with zero attached hydrogens (tertiary/aromatic N) is 1. The van der Waals surface area contributed by atoms with Crippen LogP contribution in [0.15, 0.2) is 0 Å². The lowest BCUT2D eigenvalue weighted by Gasteiger charge is -2.19. The number of rotatable bonds is 27. The largest absolute Gasteiger partial charge is 0.385 e. The molecule has 0 aromatic rings. The van der Waals surface area contributed by atoms with E-state index in [0.717, 1.165) is 26.4 Å². The van der Waals surface area contributed by atoms with Gasteiger partial charge in [-0.2, -0.15) is 0 Å². The van der Waals surface area contributed by atoms with Gasteiger partial charge in [-0.1, -0.05) is 84.0 Å². The quantitative estimate of drug-likeness (QED) is 0.119. The predicted molar refractivity (Wildman–Crippen MR) is 140 cm³/mol. The second kappa shape index (κ2) is 27.1. The van der Waals surface area contributed by atoms with Gasteiger partial charge in [0.15, 0.2) is 0 Å². The lowest BCUT2D eigenvalue weighted by atomic mass is 10.0. The minimum Gasteiger partial charge on any atom is -0.385 e. The first kappa shape index (κ1) is 31.8. The Hall–Kier alpha value is -0.160. The van der Waals surface area contributed by atoms with Gasteiger partial charge in [0.25, 0.3) is 0 Å². The fraction of sp³-hybridized carbons (Fsp3) is 1.00. The summed E-state index contributed by atoms with van der Waals surface area (Å²) in [7, 11) is 5.80. The summed E-state index contributed by atoms with van der Waals surface area (Å²) in [6.45, 7) is 7.34. The van der Waals surface area contributed by atoms with Crippen LogP contribution in [0.1, 0.15) is 122 Å². The van der Waals surface area contributed by atoms with Gasteiger partial charge < -0.3 is 19.1 Å². The molecule has 0 aliphatic rings. The molecule has 0 N–H and O–H groups in total. The molecule has 0 saturated heterocycles. The van der Waals surface area contributed by atoms with Gasteiger partial charge >= 0.3 is 0 Å². The minimum atomic E-state index is 0.488. The predicted octanol–water partition coefficient (Wildman–Crippen LogP) is 7.64. The van der Waals surface area contributed by atoms with E-state index in [1.54, 1.807) is 14.2 Å². The van der Waals surface area contributed by atoms with E-state index in [-0.39, 0.29) is 0 Å². The Morgan fingerprint density at radius 1 is 0.531 bits per heavy atom. The SMILES string of the molecule is CCN(C)CCCCOC(CCCCCCCCCOC)CCCCCCCCCOC. The molecule has 0 spiro atoms. The van der Waals surface area contributed by atoms with Gasteiger partial charge in [0, 0.05) is 34.0 Å². The Bertz CT molecular complexity index is 319. The van der Waals surface area contributed by atoms with Crippen molar-refractivity contribution in [3.8, 4) is 0 Å². The Labute approximate surface area is 202 Å². The molecule has 0 atom stereocenters. The third-order valence-electron chi connectivity index (χ3n) is 6.58. The average Bonchev–Trinajstić information content (AvgIpc) is 2.80. The zero-order valence-corrected chi connectivity index (χ0v) is 22.5. The Balaban J connectivity index is 3.87. The Morgan fingerprint density at radius 3 is 1.38 bits per heavy atom. The molecule has 194 valence electrons. The molecule has 4 heteroatoms. The summed E-state index contributed by atoms with van der Waals surface area (Å²) < 4.78 is 16.6. The summed E-state index contributed by atoms with van der Waals surface area (Å²) in [5.74, 6) is 0. The van der Waals surface area contributed by atoms with Crippen LogP contribution in [-0.4, -0.2) is 65.2 Å². The normalized spacial score (nSPS) is 11.8. The van der Waals surface area contributed by atoms with Crippen molar-refractivity contribution in [2.75, 3.05) is 54.2 Å². The van der Waals surface area contributed by atoms with Gasteiger partial charge in [0.1, 0.15) is 0 Å². The maximum Gasteiger partial charge on any atom is 0.0575 e. The van der Waals surface area contributed by atoms with Crippen molar-refractivity contribution in [2.45, 2.75) is 129 Å². The third-order valence-corrected chi connectivity index (χ3v) is 6.58. The maximum atomic E-state index is 6.36. The highest BCUT2D eigenvalue weighted by Crippen LogP contribution is 2.17. The van der Waals surface area contributed by atoms with Gasteiger partial charge in [-0.3, -0.25) is 0 Å². The van der Waals surface area contributed by atoms with Crippen molar-refractivity contribution in [1.29, 1.82) is 0 Å².